The summed E-state index contributed by atoms with van der Waals surface area (Å²) in [5.74, 6) is 0.0684. The zero-order valence-electron chi connectivity index (χ0n) is 6.55. The Morgan fingerprint density at radius 3 is 2.85 bits per heavy atom. The average Bonchev–Trinajstić information content (AvgIpc) is 2.48. The molecular weight excluding hydrogens is 239 g/mol. The molecule has 13 heavy (non-hydrogen) atoms. The quantitative estimate of drug-likeness (QED) is 0.837. The van der Waals surface area contributed by atoms with Crippen molar-refractivity contribution in [3.8, 4) is 0 Å². The molecule has 0 aliphatic heterocycles. The number of hydrogen-bond donors (Lipinski definition) is 1. The van der Waals surface area contributed by atoms with E-state index in [4.69, 9.17) is 9.52 Å². The highest BCUT2D eigenvalue weighted by molar-refractivity contribution is 9.10. The van der Waals surface area contributed by atoms with Crippen LogP contribution in [0.25, 0.3) is 11.0 Å². The van der Waals surface area contributed by atoms with Crippen LogP contribution in [0.1, 0.15) is 5.76 Å². The predicted octanol–water partition coefficient (Wildman–Crippen LogP) is 2.83. The Morgan fingerprint density at radius 1 is 1.38 bits per heavy atom. The smallest absolute Gasteiger partial charge is 0.141 e. The summed E-state index contributed by atoms with van der Waals surface area (Å²) in [4.78, 5) is 0. The maximum absolute atomic E-state index is 13.0. The van der Waals surface area contributed by atoms with Crippen molar-refractivity contribution in [1.82, 2.24) is 0 Å². The van der Waals surface area contributed by atoms with Gasteiger partial charge in [-0.25, -0.2) is 4.39 Å². The first kappa shape index (κ1) is 8.72. The van der Waals surface area contributed by atoms with Crippen LogP contribution in [0.3, 0.4) is 0 Å². The summed E-state index contributed by atoms with van der Waals surface area (Å²) in [5, 5.41) is 9.55. The van der Waals surface area contributed by atoms with Crippen LogP contribution in [0.2, 0.25) is 0 Å². The molecule has 0 atom stereocenters. The van der Waals surface area contributed by atoms with Crippen LogP contribution >= 0.6 is 15.9 Å². The number of rotatable bonds is 1. The van der Waals surface area contributed by atoms with Gasteiger partial charge in [0.05, 0.1) is 4.47 Å². The molecule has 4 heteroatoms. The monoisotopic (exact) mass is 244 g/mol. The second-order valence-corrected chi connectivity index (χ2v) is 3.53. The van der Waals surface area contributed by atoms with E-state index >= 15 is 0 Å². The molecule has 0 spiro atoms. The molecule has 0 saturated carbocycles. The van der Waals surface area contributed by atoms with Crippen LogP contribution in [0.5, 0.6) is 0 Å². The Bertz CT molecular complexity index is 411. The Kier molecular flexibility index (Phi) is 2.09. The lowest BCUT2D eigenvalue weighted by Gasteiger charge is -1.92. The van der Waals surface area contributed by atoms with Crippen molar-refractivity contribution in [1.29, 1.82) is 0 Å². The fourth-order valence-corrected chi connectivity index (χ4v) is 1.53. The molecule has 0 amide bonds. The van der Waals surface area contributed by atoms with Crippen LogP contribution < -0.4 is 0 Å². The van der Waals surface area contributed by atoms with Gasteiger partial charge >= 0.3 is 0 Å². The van der Waals surface area contributed by atoms with Gasteiger partial charge in [-0.3, -0.25) is 0 Å². The van der Waals surface area contributed by atoms with Gasteiger partial charge in [-0.2, -0.15) is 0 Å². The van der Waals surface area contributed by atoms with E-state index in [1.54, 1.807) is 12.1 Å². The molecule has 0 aliphatic carbocycles. The maximum Gasteiger partial charge on any atom is 0.141 e. The van der Waals surface area contributed by atoms with Crippen molar-refractivity contribution >= 4 is 26.9 Å². The van der Waals surface area contributed by atoms with Gasteiger partial charge in [0, 0.05) is 11.5 Å². The number of furan rings is 1. The van der Waals surface area contributed by atoms with Gasteiger partial charge in [0.15, 0.2) is 0 Å². The van der Waals surface area contributed by atoms with E-state index in [9.17, 15) is 4.39 Å². The highest BCUT2D eigenvalue weighted by atomic mass is 79.9. The van der Waals surface area contributed by atoms with Crippen molar-refractivity contribution in [3.05, 3.63) is 34.2 Å². The van der Waals surface area contributed by atoms with Gasteiger partial charge in [-0.15, -0.1) is 0 Å². The van der Waals surface area contributed by atoms with E-state index in [0.717, 1.165) is 5.39 Å². The SMILES string of the molecule is OCc1cc2cc(Br)c(F)cc2o1. The average molecular weight is 245 g/mol. The molecular formula is C9H6BrFO2. The van der Waals surface area contributed by atoms with E-state index in [2.05, 4.69) is 15.9 Å². The number of benzene rings is 1. The molecule has 0 aliphatic rings. The van der Waals surface area contributed by atoms with Crippen LogP contribution in [-0.2, 0) is 6.61 Å². The lowest BCUT2D eigenvalue weighted by molar-refractivity contribution is 0.251. The third kappa shape index (κ3) is 1.47. The molecule has 0 fully saturated rings. The molecule has 1 aromatic carbocycles. The van der Waals surface area contributed by atoms with E-state index in [-0.39, 0.29) is 12.4 Å². The summed E-state index contributed by atoms with van der Waals surface area (Å²) in [6.45, 7) is -0.173. The van der Waals surface area contributed by atoms with Gasteiger partial charge < -0.3 is 9.52 Å². The first-order valence-electron chi connectivity index (χ1n) is 3.69. The minimum absolute atomic E-state index is 0.173. The molecule has 2 aromatic rings. The van der Waals surface area contributed by atoms with Gasteiger partial charge in [0.25, 0.3) is 0 Å². The van der Waals surface area contributed by atoms with Crippen molar-refractivity contribution in [3.63, 3.8) is 0 Å². The molecule has 1 heterocycles. The Labute approximate surface area is 82.1 Å². The topological polar surface area (TPSA) is 33.4 Å². The van der Waals surface area contributed by atoms with Crippen LogP contribution in [0.15, 0.2) is 27.1 Å². The minimum atomic E-state index is -0.369. The van der Waals surface area contributed by atoms with Crippen LogP contribution in [-0.4, -0.2) is 5.11 Å². The number of fused-ring (bicyclic) bond motifs is 1. The summed E-state index contributed by atoms with van der Waals surface area (Å²) in [5.41, 5.74) is 0.449. The Hall–Kier alpha value is -0.870. The molecule has 2 nitrogen and oxygen atoms in total. The second-order valence-electron chi connectivity index (χ2n) is 2.67. The number of aliphatic hydroxyl groups excluding tert-OH is 1. The minimum Gasteiger partial charge on any atom is -0.459 e. The summed E-state index contributed by atoms with van der Waals surface area (Å²) in [7, 11) is 0. The molecule has 0 saturated heterocycles. The molecule has 0 radical (unpaired) electrons. The van der Waals surface area contributed by atoms with E-state index in [0.29, 0.717) is 15.8 Å². The fourth-order valence-electron chi connectivity index (χ4n) is 1.17. The normalized spacial score (nSPS) is 11.0. The first-order valence-corrected chi connectivity index (χ1v) is 4.48. The van der Waals surface area contributed by atoms with Gasteiger partial charge in [-0.1, -0.05) is 0 Å². The number of aliphatic hydroxyl groups is 1. The van der Waals surface area contributed by atoms with Crippen molar-refractivity contribution in [2.45, 2.75) is 6.61 Å². The van der Waals surface area contributed by atoms with E-state index in [1.807, 2.05) is 0 Å². The van der Waals surface area contributed by atoms with Crippen molar-refractivity contribution in [2.75, 3.05) is 0 Å². The molecule has 68 valence electrons. The molecule has 1 aromatic heterocycles. The lowest BCUT2D eigenvalue weighted by Crippen LogP contribution is -1.74. The van der Waals surface area contributed by atoms with Crippen molar-refractivity contribution in [2.24, 2.45) is 0 Å². The third-order valence-electron chi connectivity index (χ3n) is 1.77. The fraction of sp³-hybridized carbons (Fsp3) is 0.111. The summed E-state index contributed by atoms with van der Waals surface area (Å²) in [6, 6.07) is 4.59. The van der Waals surface area contributed by atoms with Crippen LogP contribution in [0, 0.1) is 5.82 Å². The molecule has 2 rings (SSSR count). The van der Waals surface area contributed by atoms with Gasteiger partial charge in [-0.05, 0) is 28.1 Å². The number of hydrogen-bond acceptors (Lipinski definition) is 2. The summed E-state index contributed by atoms with van der Waals surface area (Å²) >= 11 is 3.07. The molecule has 0 unspecified atom stereocenters. The van der Waals surface area contributed by atoms with Gasteiger partial charge in [0.2, 0.25) is 0 Å². The van der Waals surface area contributed by atoms with Crippen LogP contribution in [0.4, 0.5) is 4.39 Å². The Morgan fingerprint density at radius 2 is 2.15 bits per heavy atom. The highest BCUT2D eigenvalue weighted by Gasteiger charge is 2.06. The van der Waals surface area contributed by atoms with Crippen molar-refractivity contribution < 1.29 is 13.9 Å². The Balaban J connectivity index is 2.70. The molecule has 1 N–H and O–H groups in total. The van der Waals surface area contributed by atoms with E-state index in [1.165, 1.54) is 6.07 Å². The third-order valence-corrected chi connectivity index (χ3v) is 2.37. The lowest BCUT2D eigenvalue weighted by atomic mass is 10.2. The highest BCUT2D eigenvalue weighted by Crippen LogP contribution is 2.25. The first-order chi connectivity index (χ1) is 6.20. The summed E-state index contributed by atoms with van der Waals surface area (Å²) in [6.07, 6.45) is 0. The zero-order chi connectivity index (χ0) is 9.42. The van der Waals surface area contributed by atoms with Gasteiger partial charge in [0.1, 0.15) is 23.8 Å². The number of halogens is 2. The largest absolute Gasteiger partial charge is 0.459 e. The second kappa shape index (κ2) is 3.12. The predicted molar refractivity (Wildman–Crippen MR) is 49.8 cm³/mol. The van der Waals surface area contributed by atoms with E-state index < -0.39 is 0 Å². The standard InChI is InChI=1S/C9H6BrFO2/c10-7-2-5-1-6(4-12)13-9(5)3-8(7)11/h1-3,12H,4H2. The zero-order valence-corrected chi connectivity index (χ0v) is 8.14. The maximum atomic E-state index is 13.0. The summed E-state index contributed by atoms with van der Waals surface area (Å²) < 4.78 is 18.5. The molecule has 0 bridgehead atoms.